The van der Waals surface area contributed by atoms with Crippen LogP contribution in [0.4, 0.5) is 5.82 Å². The first kappa shape index (κ1) is 24.4. The van der Waals surface area contributed by atoms with Crippen molar-refractivity contribution in [2.24, 2.45) is 0 Å². The summed E-state index contributed by atoms with van der Waals surface area (Å²) in [6.45, 7) is 4.05. The molecule has 4 heterocycles. The summed E-state index contributed by atoms with van der Waals surface area (Å²) in [5.74, 6) is -2.39. The number of ether oxygens (including phenoxy) is 3. The highest BCUT2D eigenvalue weighted by molar-refractivity contribution is 7.17. The molecular formula is C26H24N4O6S. The molecule has 0 bridgehead atoms. The zero-order valence-electron chi connectivity index (χ0n) is 20.1. The van der Waals surface area contributed by atoms with Crippen LogP contribution >= 0.6 is 11.3 Å². The Morgan fingerprint density at radius 2 is 2.03 bits per heavy atom. The number of hydrogen-bond acceptors (Lipinski definition) is 10. The number of rotatable bonds is 9. The van der Waals surface area contributed by atoms with Crippen LogP contribution in [0.15, 0.2) is 48.0 Å². The first-order chi connectivity index (χ1) is 17.9. The summed E-state index contributed by atoms with van der Waals surface area (Å²) >= 11 is 1.33. The number of carboxylic acids is 1. The largest absolute Gasteiger partial charge is 0.480 e. The summed E-state index contributed by atoms with van der Waals surface area (Å²) in [5, 5.41) is 15.8. The molecule has 5 rings (SSSR count). The third kappa shape index (κ3) is 5.03. The smallest absolute Gasteiger partial charge is 0.328 e. The SMILES string of the molecule is CCC(C)OC(=O)C(C(=O)O)c1nc(NCc2ccccn2)c2c(-c3ccc4c(c3)OCO4)csc2n1. The van der Waals surface area contributed by atoms with E-state index >= 15 is 0 Å². The van der Waals surface area contributed by atoms with Crippen LogP contribution in [0, 0.1) is 0 Å². The van der Waals surface area contributed by atoms with Gasteiger partial charge in [-0.2, -0.15) is 0 Å². The Labute approximate surface area is 216 Å². The van der Waals surface area contributed by atoms with E-state index in [1.807, 2.05) is 48.7 Å². The van der Waals surface area contributed by atoms with Crippen molar-refractivity contribution in [3.63, 3.8) is 0 Å². The Hall–Kier alpha value is -4.25. The number of esters is 1. The van der Waals surface area contributed by atoms with Crippen LogP contribution in [-0.2, 0) is 20.9 Å². The summed E-state index contributed by atoms with van der Waals surface area (Å²) in [4.78, 5) is 38.8. The van der Waals surface area contributed by atoms with Gasteiger partial charge >= 0.3 is 11.9 Å². The fourth-order valence-electron chi connectivity index (χ4n) is 3.84. The zero-order valence-corrected chi connectivity index (χ0v) is 20.9. The van der Waals surface area contributed by atoms with Crippen molar-refractivity contribution >= 4 is 39.3 Å². The average Bonchev–Trinajstić information content (AvgIpc) is 3.54. The number of carbonyl (C=O) groups excluding carboxylic acids is 1. The van der Waals surface area contributed by atoms with E-state index in [-0.39, 0.29) is 12.6 Å². The quantitative estimate of drug-likeness (QED) is 0.238. The Balaban J connectivity index is 1.60. The molecule has 0 aliphatic carbocycles. The van der Waals surface area contributed by atoms with Crippen molar-refractivity contribution in [3.8, 4) is 22.6 Å². The first-order valence-corrected chi connectivity index (χ1v) is 12.6. The molecule has 10 nitrogen and oxygen atoms in total. The van der Waals surface area contributed by atoms with E-state index in [2.05, 4.69) is 20.3 Å². The highest BCUT2D eigenvalue weighted by Crippen LogP contribution is 2.42. The number of benzene rings is 1. The van der Waals surface area contributed by atoms with Gasteiger partial charge in [0.2, 0.25) is 12.7 Å². The van der Waals surface area contributed by atoms with Gasteiger partial charge in [0.1, 0.15) is 10.6 Å². The molecule has 3 aromatic heterocycles. The number of aliphatic carboxylic acids is 1. The lowest BCUT2D eigenvalue weighted by molar-refractivity contribution is -0.157. The number of nitrogens with zero attached hydrogens (tertiary/aromatic N) is 3. The maximum Gasteiger partial charge on any atom is 0.328 e. The van der Waals surface area contributed by atoms with Crippen LogP contribution in [0.5, 0.6) is 11.5 Å². The number of carboxylic acid groups (broad SMARTS) is 1. The minimum Gasteiger partial charge on any atom is -0.480 e. The number of pyridine rings is 1. The zero-order chi connectivity index (χ0) is 25.9. The summed E-state index contributed by atoms with van der Waals surface area (Å²) in [6, 6.07) is 11.2. The second-order valence-corrected chi connectivity index (χ2v) is 9.29. The van der Waals surface area contributed by atoms with Crippen molar-refractivity contribution in [3.05, 3.63) is 59.5 Å². The standard InChI is InChI=1S/C26H24N4O6S/c1-3-14(2)36-26(33)21(25(31)32)23-29-22(28-11-16-6-4-5-9-27-16)20-17(12-37-24(20)30-23)15-7-8-18-19(10-15)35-13-34-18/h4-10,12,14,21H,3,11,13H2,1-2H3,(H,31,32)(H,28,29,30). The highest BCUT2D eigenvalue weighted by atomic mass is 32.1. The minimum atomic E-state index is -1.66. The molecule has 2 unspecified atom stereocenters. The van der Waals surface area contributed by atoms with Crippen molar-refractivity contribution in [1.29, 1.82) is 0 Å². The van der Waals surface area contributed by atoms with E-state index in [9.17, 15) is 14.7 Å². The van der Waals surface area contributed by atoms with Crippen LogP contribution in [0.2, 0.25) is 0 Å². The van der Waals surface area contributed by atoms with Gasteiger partial charge in [-0.1, -0.05) is 19.1 Å². The van der Waals surface area contributed by atoms with Gasteiger partial charge in [0.05, 0.1) is 23.7 Å². The van der Waals surface area contributed by atoms with E-state index in [1.165, 1.54) is 11.3 Å². The first-order valence-electron chi connectivity index (χ1n) is 11.7. The van der Waals surface area contributed by atoms with Crippen LogP contribution < -0.4 is 14.8 Å². The van der Waals surface area contributed by atoms with Crippen LogP contribution in [0.25, 0.3) is 21.3 Å². The normalized spacial score (nSPS) is 13.8. The fourth-order valence-corrected chi connectivity index (χ4v) is 4.79. The number of hydrogen-bond donors (Lipinski definition) is 2. The summed E-state index contributed by atoms with van der Waals surface area (Å²) in [5.41, 5.74) is 2.46. The molecule has 0 radical (unpaired) electrons. The van der Waals surface area contributed by atoms with Crippen LogP contribution in [-0.4, -0.2) is 44.9 Å². The minimum absolute atomic E-state index is 0.143. The third-order valence-corrected chi connectivity index (χ3v) is 6.80. The number of fused-ring (bicyclic) bond motifs is 2. The second kappa shape index (κ2) is 10.4. The second-order valence-electron chi connectivity index (χ2n) is 8.43. The Kier molecular flexibility index (Phi) is 6.87. The van der Waals surface area contributed by atoms with Crippen LogP contribution in [0.1, 0.15) is 37.7 Å². The number of nitrogens with one attached hydrogen (secondary N) is 1. The molecule has 2 N–H and O–H groups in total. The molecule has 2 atom stereocenters. The molecule has 190 valence electrons. The molecule has 1 aromatic carbocycles. The predicted octanol–water partition coefficient (Wildman–Crippen LogP) is 4.60. The van der Waals surface area contributed by atoms with Crippen molar-refractivity contribution in [2.45, 2.75) is 38.8 Å². The molecule has 0 fully saturated rings. The van der Waals surface area contributed by atoms with Gasteiger partial charge in [-0.15, -0.1) is 11.3 Å². The number of thiophene rings is 1. The van der Waals surface area contributed by atoms with Crippen molar-refractivity contribution in [1.82, 2.24) is 15.0 Å². The predicted molar refractivity (Wildman–Crippen MR) is 137 cm³/mol. The van der Waals surface area contributed by atoms with Gasteiger partial charge in [-0.25, -0.2) is 9.97 Å². The van der Waals surface area contributed by atoms with Crippen molar-refractivity contribution < 1.29 is 28.9 Å². The number of carbonyl (C=O) groups is 2. The van der Waals surface area contributed by atoms with Gasteiger partial charge < -0.3 is 24.6 Å². The molecule has 1 aliphatic rings. The van der Waals surface area contributed by atoms with E-state index in [0.717, 1.165) is 16.8 Å². The number of aromatic nitrogens is 3. The summed E-state index contributed by atoms with van der Waals surface area (Å²) in [6.07, 6.45) is 1.81. The van der Waals surface area contributed by atoms with E-state index < -0.39 is 24.0 Å². The Bertz CT molecular complexity index is 1460. The van der Waals surface area contributed by atoms with E-state index in [0.29, 0.717) is 40.5 Å². The van der Waals surface area contributed by atoms with Crippen molar-refractivity contribution in [2.75, 3.05) is 12.1 Å². The fraction of sp³-hybridized carbons (Fsp3) is 0.269. The maximum atomic E-state index is 12.8. The third-order valence-electron chi connectivity index (χ3n) is 5.93. The maximum absolute atomic E-state index is 12.8. The lowest BCUT2D eigenvalue weighted by Crippen LogP contribution is -2.28. The molecule has 1 aliphatic heterocycles. The van der Waals surface area contributed by atoms with E-state index in [1.54, 1.807) is 13.1 Å². The van der Waals surface area contributed by atoms with Gasteiger partial charge in [0.15, 0.2) is 17.3 Å². The lowest BCUT2D eigenvalue weighted by atomic mass is 10.0. The molecule has 4 aromatic rings. The number of anilines is 1. The lowest BCUT2D eigenvalue weighted by Gasteiger charge is -2.16. The van der Waals surface area contributed by atoms with Gasteiger partial charge in [0, 0.05) is 17.1 Å². The van der Waals surface area contributed by atoms with Crippen LogP contribution in [0.3, 0.4) is 0 Å². The highest BCUT2D eigenvalue weighted by Gasteiger charge is 2.35. The van der Waals surface area contributed by atoms with Gasteiger partial charge in [-0.3, -0.25) is 14.6 Å². The molecule has 0 saturated carbocycles. The Morgan fingerprint density at radius 3 is 2.78 bits per heavy atom. The monoisotopic (exact) mass is 520 g/mol. The molecule has 0 spiro atoms. The molecular weight excluding hydrogens is 496 g/mol. The molecule has 0 amide bonds. The van der Waals surface area contributed by atoms with Gasteiger partial charge in [0.25, 0.3) is 0 Å². The van der Waals surface area contributed by atoms with E-state index in [4.69, 9.17) is 14.2 Å². The summed E-state index contributed by atoms with van der Waals surface area (Å²) < 4.78 is 16.3. The topological polar surface area (TPSA) is 133 Å². The molecule has 0 saturated heterocycles. The summed E-state index contributed by atoms with van der Waals surface area (Å²) in [7, 11) is 0. The van der Waals surface area contributed by atoms with Gasteiger partial charge in [-0.05, 0) is 43.2 Å². The average molecular weight is 521 g/mol. The Morgan fingerprint density at radius 1 is 1.19 bits per heavy atom. The molecule has 11 heteroatoms. The molecule has 37 heavy (non-hydrogen) atoms.